The predicted molar refractivity (Wildman–Crippen MR) is 55.0 cm³/mol. The summed E-state index contributed by atoms with van der Waals surface area (Å²) in [6.07, 6.45) is 1.80. The molecule has 0 heterocycles. The van der Waals surface area contributed by atoms with E-state index in [9.17, 15) is 5.11 Å². The van der Waals surface area contributed by atoms with Crippen LogP contribution >= 0.6 is 0 Å². The molecule has 1 rings (SSSR count). The molecule has 0 aromatic heterocycles. The van der Waals surface area contributed by atoms with Crippen LogP contribution in [0.1, 0.15) is 23.1 Å². The lowest BCUT2D eigenvalue weighted by molar-refractivity contribution is 0.466. The summed E-state index contributed by atoms with van der Waals surface area (Å²) in [5.41, 5.74) is 8.72. The summed E-state index contributed by atoms with van der Waals surface area (Å²) >= 11 is 0. The van der Waals surface area contributed by atoms with E-state index in [0.29, 0.717) is 12.3 Å². The molecule has 13 heavy (non-hydrogen) atoms. The fourth-order valence-corrected chi connectivity index (χ4v) is 1.58. The molecule has 1 aromatic carbocycles. The number of hydrogen-bond acceptors (Lipinski definition) is 2. The second kappa shape index (κ2) is 4.28. The van der Waals surface area contributed by atoms with Crippen molar-refractivity contribution < 1.29 is 5.11 Å². The van der Waals surface area contributed by atoms with Crippen LogP contribution in [0, 0.1) is 13.8 Å². The Morgan fingerprint density at radius 3 is 2.54 bits per heavy atom. The monoisotopic (exact) mass is 179 g/mol. The van der Waals surface area contributed by atoms with Crippen LogP contribution < -0.4 is 5.73 Å². The fraction of sp³-hybridized carbons (Fsp3) is 0.455. The van der Waals surface area contributed by atoms with Crippen molar-refractivity contribution >= 4 is 0 Å². The molecule has 0 aliphatic rings. The lowest BCUT2D eigenvalue weighted by Gasteiger charge is -2.08. The van der Waals surface area contributed by atoms with Crippen molar-refractivity contribution in [3.63, 3.8) is 0 Å². The van der Waals surface area contributed by atoms with E-state index in [4.69, 9.17) is 5.73 Å². The van der Waals surface area contributed by atoms with Crippen LogP contribution in [0.15, 0.2) is 12.1 Å². The lowest BCUT2D eigenvalue weighted by atomic mass is 10.0. The van der Waals surface area contributed by atoms with Gasteiger partial charge in [-0.15, -0.1) is 0 Å². The molecule has 0 fully saturated rings. The third-order valence-electron chi connectivity index (χ3n) is 2.22. The molecule has 2 nitrogen and oxygen atoms in total. The third-order valence-corrected chi connectivity index (χ3v) is 2.22. The van der Waals surface area contributed by atoms with Crippen LogP contribution in [0.5, 0.6) is 5.75 Å². The van der Waals surface area contributed by atoms with Crippen LogP contribution in [0.3, 0.4) is 0 Å². The maximum absolute atomic E-state index is 9.66. The number of nitrogens with two attached hydrogens (primary N) is 1. The standard InChI is InChI=1S/C11H17NO/c1-8-6-9(2)10(4-3-5-12)11(13)7-8/h6-7,13H,3-5,12H2,1-2H3. The Labute approximate surface area is 79.4 Å². The zero-order valence-electron chi connectivity index (χ0n) is 8.30. The molecule has 0 radical (unpaired) electrons. The van der Waals surface area contributed by atoms with E-state index in [0.717, 1.165) is 29.5 Å². The van der Waals surface area contributed by atoms with Gasteiger partial charge >= 0.3 is 0 Å². The maximum atomic E-state index is 9.66. The van der Waals surface area contributed by atoms with E-state index >= 15 is 0 Å². The van der Waals surface area contributed by atoms with Gasteiger partial charge in [-0.1, -0.05) is 6.07 Å². The molecule has 0 unspecified atom stereocenters. The van der Waals surface area contributed by atoms with E-state index in [-0.39, 0.29) is 0 Å². The Morgan fingerprint density at radius 1 is 1.31 bits per heavy atom. The van der Waals surface area contributed by atoms with Gasteiger partial charge in [0.2, 0.25) is 0 Å². The Kier molecular flexibility index (Phi) is 3.32. The summed E-state index contributed by atoms with van der Waals surface area (Å²) in [5.74, 6) is 0.408. The number of aryl methyl sites for hydroxylation is 2. The lowest BCUT2D eigenvalue weighted by Crippen LogP contribution is -2.01. The number of phenols is 1. The number of rotatable bonds is 3. The minimum Gasteiger partial charge on any atom is -0.508 e. The number of hydrogen-bond donors (Lipinski definition) is 2. The number of aromatic hydroxyl groups is 1. The minimum atomic E-state index is 0.408. The highest BCUT2D eigenvalue weighted by molar-refractivity contribution is 5.42. The first-order chi connectivity index (χ1) is 6.15. The molecular formula is C11H17NO. The van der Waals surface area contributed by atoms with Crippen molar-refractivity contribution in [3.05, 3.63) is 28.8 Å². The minimum absolute atomic E-state index is 0.408. The van der Waals surface area contributed by atoms with Gasteiger partial charge in [-0.3, -0.25) is 0 Å². The van der Waals surface area contributed by atoms with Gasteiger partial charge in [0.15, 0.2) is 0 Å². The van der Waals surface area contributed by atoms with Crippen molar-refractivity contribution in [1.82, 2.24) is 0 Å². The molecule has 0 amide bonds. The van der Waals surface area contributed by atoms with Gasteiger partial charge < -0.3 is 10.8 Å². The summed E-state index contributed by atoms with van der Waals surface area (Å²) in [6, 6.07) is 3.89. The molecule has 0 aliphatic heterocycles. The average Bonchev–Trinajstić information content (AvgIpc) is 2.02. The van der Waals surface area contributed by atoms with Gasteiger partial charge in [-0.25, -0.2) is 0 Å². The van der Waals surface area contributed by atoms with E-state index in [1.807, 2.05) is 13.8 Å². The summed E-state index contributed by atoms with van der Waals surface area (Å²) in [5, 5.41) is 9.66. The predicted octanol–water partition coefficient (Wildman–Crippen LogP) is 1.90. The Morgan fingerprint density at radius 2 is 2.00 bits per heavy atom. The van der Waals surface area contributed by atoms with Crippen molar-refractivity contribution in [2.75, 3.05) is 6.54 Å². The molecule has 1 aromatic rings. The van der Waals surface area contributed by atoms with Gasteiger partial charge in [0.1, 0.15) is 5.75 Å². The summed E-state index contributed by atoms with van der Waals surface area (Å²) < 4.78 is 0. The molecule has 0 aliphatic carbocycles. The molecule has 0 saturated carbocycles. The van der Waals surface area contributed by atoms with Crippen LogP contribution in [0.4, 0.5) is 0 Å². The zero-order chi connectivity index (χ0) is 9.84. The van der Waals surface area contributed by atoms with Gasteiger partial charge in [0.05, 0.1) is 0 Å². The fourth-order valence-electron chi connectivity index (χ4n) is 1.58. The highest BCUT2D eigenvalue weighted by Crippen LogP contribution is 2.23. The van der Waals surface area contributed by atoms with Crippen LogP contribution in [0.25, 0.3) is 0 Å². The van der Waals surface area contributed by atoms with E-state index < -0.39 is 0 Å². The van der Waals surface area contributed by atoms with Crippen LogP contribution in [-0.4, -0.2) is 11.7 Å². The Balaban J connectivity index is 2.92. The quantitative estimate of drug-likeness (QED) is 0.744. The van der Waals surface area contributed by atoms with Crippen molar-refractivity contribution in [1.29, 1.82) is 0 Å². The summed E-state index contributed by atoms with van der Waals surface area (Å²) in [7, 11) is 0. The first-order valence-electron chi connectivity index (χ1n) is 4.64. The molecule has 0 bridgehead atoms. The van der Waals surface area contributed by atoms with Gasteiger partial charge in [-0.05, 0) is 56.0 Å². The van der Waals surface area contributed by atoms with Gasteiger partial charge in [0, 0.05) is 0 Å². The molecule has 3 N–H and O–H groups in total. The first kappa shape index (κ1) is 10.1. The number of benzene rings is 1. The highest BCUT2D eigenvalue weighted by atomic mass is 16.3. The maximum Gasteiger partial charge on any atom is 0.119 e. The first-order valence-corrected chi connectivity index (χ1v) is 4.64. The van der Waals surface area contributed by atoms with Crippen molar-refractivity contribution in [3.8, 4) is 5.75 Å². The van der Waals surface area contributed by atoms with Gasteiger partial charge in [-0.2, -0.15) is 0 Å². The SMILES string of the molecule is Cc1cc(C)c(CCCN)c(O)c1. The largest absolute Gasteiger partial charge is 0.508 e. The second-order valence-corrected chi connectivity index (χ2v) is 3.47. The average molecular weight is 179 g/mol. The highest BCUT2D eigenvalue weighted by Gasteiger charge is 2.04. The summed E-state index contributed by atoms with van der Waals surface area (Å²) in [6.45, 7) is 4.69. The molecule has 0 saturated heterocycles. The van der Waals surface area contributed by atoms with Crippen molar-refractivity contribution in [2.45, 2.75) is 26.7 Å². The Bertz CT molecular complexity index is 271. The normalized spacial score (nSPS) is 10.4. The summed E-state index contributed by atoms with van der Waals surface area (Å²) in [4.78, 5) is 0. The topological polar surface area (TPSA) is 46.2 Å². The van der Waals surface area contributed by atoms with Crippen LogP contribution in [-0.2, 0) is 6.42 Å². The molecular weight excluding hydrogens is 162 g/mol. The van der Waals surface area contributed by atoms with Crippen molar-refractivity contribution in [2.24, 2.45) is 5.73 Å². The molecule has 2 heteroatoms. The van der Waals surface area contributed by atoms with Gasteiger partial charge in [0.25, 0.3) is 0 Å². The third kappa shape index (κ3) is 2.46. The molecule has 0 spiro atoms. The Hall–Kier alpha value is -1.02. The van der Waals surface area contributed by atoms with E-state index in [1.165, 1.54) is 0 Å². The van der Waals surface area contributed by atoms with E-state index in [2.05, 4.69) is 6.07 Å². The zero-order valence-corrected chi connectivity index (χ0v) is 8.30. The molecule has 72 valence electrons. The second-order valence-electron chi connectivity index (χ2n) is 3.47. The number of phenolic OH excluding ortho intramolecular Hbond substituents is 1. The molecule has 0 atom stereocenters. The smallest absolute Gasteiger partial charge is 0.119 e. The van der Waals surface area contributed by atoms with E-state index in [1.54, 1.807) is 6.07 Å². The van der Waals surface area contributed by atoms with Crippen LogP contribution in [0.2, 0.25) is 0 Å².